The highest BCUT2D eigenvalue weighted by atomic mass is 16.5. The summed E-state index contributed by atoms with van der Waals surface area (Å²) in [6, 6.07) is 6.80. The van der Waals surface area contributed by atoms with Gasteiger partial charge in [0.2, 0.25) is 0 Å². The van der Waals surface area contributed by atoms with Gasteiger partial charge in [-0.1, -0.05) is 13.8 Å². The van der Waals surface area contributed by atoms with Crippen molar-refractivity contribution in [1.82, 2.24) is 0 Å². The smallest absolute Gasteiger partial charge is 0.306 e. The van der Waals surface area contributed by atoms with Gasteiger partial charge in [-0.3, -0.25) is 9.59 Å². The highest BCUT2D eigenvalue weighted by Crippen LogP contribution is 2.15. The van der Waals surface area contributed by atoms with Crippen LogP contribution in [0.5, 0.6) is 5.75 Å². The largest absolute Gasteiger partial charge is 0.497 e. The van der Waals surface area contributed by atoms with E-state index in [0.29, 0.717) is 17.9 Å². The molecule has 1 aromatic carbocycles. The predicted molar refractivity (Wildman–Crippen MR) is 80.4 cm³/mol. The Hall–Kier alpha value is -1.88. The average molecular weight is 293 g/mol. The zero-order valence-electron chi connectivity index (χ0n) is 12.8. The summed E-state index contributed by atoms with van der Waals surface area (Å²) in [7, 11) is 1.57. The lowest BCUT2D eigenvalue weighted by Crippen LogP contribution is -2.30. The van der Waals surface area contributed by atoms with E-state index in [1.165, 1.54) is 0 Å². The van der Waals surface area contributed by atoms with Crippen LogP contribution in [-0.2, 0) is 9.53 Å². The number of ketones is 1. The van der Waals surface area contributed by atoms with Crippen molar-refractivity contribution < 1.29 is 19.1 Å². The molecule has 5 heteroatoms. The standard InChI is InChI=1S/C16H23NO4/c1-16(2,10-17)11-21-15(19)9-8-14(18)12-4-6-13(20-3)7-5-12/h4-7H,8-11,17H2,1-3H3. The van der Waals surface area contributed by atoms with E-state index in [0.717, 1.165) is 0 Å². The molecule has 0 saturated heterocycles. The molecule has 0 aliphatic rings. The first kappa shape index (κ1) is 17.2. The summed E-state index contributed by atoms with van der Waals surface area (Å²) in [4.78, 5) is 23.5. The van der Waals surface area contributed by atoms with E-state index in [1.54, 1.807) is 31.4 Å². The van der Waals surface area contributed by atoms with Gasteiger partial charge in [0.25, 0.3) is 0 Å². The van der Waals surface area contributed by atoms with Crippen LogP contribution >= 0.6 is 0 Å². The van der Waals surface area contributed by atoms with Crippen LogP contribution in [-0.4, -0.2) is 32.0 Å². The third kappa shape index (κ3) is 5.95. The van der Waals surface area contributed by atoms with Crippen molar-refractivity contribution in [3.8, 4) is 5.75 Å². The van der Waals surface area contributed by atoms with Crippen LogP contribution in [0.15, 0.2) is 24.3 Å². The molecule has 2 N–H and O–H groups in total. The molecule has 0 saturated carbocycles. The van der Waals surface area contributed by atoms with Crippen LogP contribution < -0.4 is 10.5 Å². The van der Waals surface area contributed by atoms with Gasteiger partial charge in [0.1, 0.15) is 5.75 Å². The molecule has 0 fully saturated rings. The van der Waals surface area contributed by atoms with Crippen LogP contribution in [0.3, 0.4) is 0 Å². The fraction of sp³-hybridized carbons (Fsp3) is 0.500. The summed E-state index contributed by atoms with van der Waals surface area (Å²) >= 11 is 0. The van der Waals surface area contributed by atoms with E-state index < -0.39 is 0 Å². The Balaban J connectivity index is 2.40. The molecule has 0 heterocycles. The van der Waals surface area contributed by atoms with Gasteiger partial charge < -0.3 is 15.2 Å². The minimum absolute atomic E-state index is 0.0749. The SMILES string of the molecule is COc1ccc(C(=O)CCC(=O)OCC(C)(C)CN)cc1. The number of ether oxygens (including phenoxy) is 2. The number of benzene rings is 1. The molecule has 0 atom stereocenters. The summed E-state index contributed by atoms with van der Waals surface area (Å²) in [6.07, 6.45) is 0.208. The number of rotatable bonds is 8. The molecule has 1 rings (SSSR count). The number of carbonyl (C=O) groups excluding carboxylic acids is 2. The maximum Gasteiger partial charge on any atom is 0.306 e. The summed E-state index contributed by atoms with van der Waals surface area (Å²) in [5.41, 5.74) is 5.88. The Bertz CT molecular complexity index is 480. The van der Waals surface area contributed by atoms with E-state index in [4.69, 9.17) is 15.2 Å². The van der Waals surface area contributed by atoms with Gasteiger partial charge in [-0.15, -0.1) is 0 Å². The van der Waals surface area contributed by atoms with E-state index in [1.807, 2.05) is 13.8 Å². The zero-order chi connectivity index (χ0) is 15.9. The molecule has 0 bridgehead atoms. The van der Waals surface area contributed by atoms with Gasteiger partial charge >= 0.3 is 5.97 Å². The van der Waals surface area contributed by atoms with Crippen molar-refractivity contribution >= 4 is 11.8 Å². The summed E-state index contributed by atoms with van der Waals surface area (Å²) < 4.78 is 10.2. The second-order valence-electron chi connectivity index (χ2n) is 5.68. The fourth-order valence-electron chi connectivity index (χ4n) is 1.54. The normalized spacial score (nSPS) is 11.0. The number of esters is 1. The quantitative estimate of drug-likeness (QED) is 0.587. The zero-order valence-corrected chi connectivity index (χ0v) is 12.8. The summed E-state index contributed by atoms with van der Waals surface area (Å²) in [5, 5.41) is 0. The third-order valence-corrected chi connectivity index (χ3v) is 3.14. The first-order valence-electron chi connectivity index (χ1n) is 6.91. The first-order chi connectivity index (χ1) is 9.88. The van der Waals surface area contributed by atoms with Crippen LogP contribution in [0.25, 0.3) is 0 Å². The molecule has 0 aliphatic heterocycles. The molecule has 0 amide bonds. The maximum atomic E-state index is 11.9. The number of methoxy groups -OCH3 is 1. The predicted octanol–water partition coefficient (Wildman–Crippen LogP) is 2.19. The fourth-order valence-corrected chi connectivity index (χ4v) is 1.54. The molecule has 0 spiro atoms. The van der Waals surface area contributed by atoms with Crippen molar-refractivity contribution in [3.63, 3.8) is 0 Å². The number of nitrogens with two attached hydrogens (primary N) is 1. The molecule has 1 aromatic rings. The van der Waals surface area contributed by atoms with Gasteiger partial charge in [0, 0.05) is 23.9 Å². The van der Waals surface area contributed by atoms with Crippen molar-refractivity contribution in [2.45, 2.75) is 26.7 Å². The van der Waals surface area contributed by atoms with Crippen molar-refractivity contribution in [2.24, 2.45) is 11.1 Å². The highest BCUT2D eigenvalue weighted by molar-refractivity contribution is 5.97. The third-order valence-electron chi connectivity index (χ3n) is 3.14. The molecule has 116 valence electrons. The minimum atomic E-state index is -0.376. The van der Waals surface area contributed by atoms with Crippen molar-refractivity contribution in [1.29, 1.82) is 0 Å². The Labute approximate surface area is 125 Å². The van der Waals surface area contributed by atoms with E-state index in [2.05, 4.69) is 0 Å². The Morgan fingerprint density at radius 3 is 2.29 bits per heavy atom. The maximum absolute atomic E-state index is 11.9. The molecule has 0 aliphatic carbocycles. The molecular weight excluding hydrogens is 270 g/mol. The molecule has 21 heavy (non-hydrogen) atoms. The van der Waals surface area contributed by atoms with Gasteiger partial charge in [0.05, 0.1) is 20.1 Å². The summed E-state index contributed by atoms with van der Waals surface area (Å²) in [5.74, 6) is 0.223. The number of carbonyl (C=O) groups is 2. The lowest BCUT2D eigenvalue weighted by atomic mass is 9.95. The summed E-state index contributed by atoms with van der Waals surface area (Å²) in [6.45, 7) is 4.54. The van der Waals surface area contributed by atoms with Crippen LogP contribution in [0, 0.1) is 5.41 Å². The Kier molecular flexibility index (Phi) is 6.37. The molecular formula is C16H23NO4. The minimum Gasteiger partial charge on any atom is -0.497 e. The van der Waals surface area contributed by atoms with Gasteiger partial charge in [-0.25, -0.2) is 0 Å². The Morgan fingerprint density at radius 2 is 1.76 bits per heavy atom. The van der Waals surface area contributed by atoms with E-state index in [-0.39, 0.29) is 36.6 Å². The average Bonchev–Trinajstić information content (AvgIpc) is 2.50. The van der Waals surface area contributed by atoms with E-state index in [9.17, 15) is 9.59 Å². The van der Waals surface area contributed by atoms with Crippen molar-refractivity contribution in [3.05, 3.63) is 29.8 Å². The lowest BCUT2D eigenvalue weighted by Gasteiger charge is -2.21. The lowest BCUT2D eigenvalue weighted by molar-refractivity contribution is -0.146. The van der Waals surface area contributed by atoms with Gasteiger partial charge in [0.15, 0.2) is 5.78 Å². The highest BCUT2D eigenvalue weighted by Gasteiger charge is 2.18. The molecule has 0 unspecified atom stereocenters. The number of hydrogen-bond acceptors (Lipinski definition) is 5. The monoisotopic (exact) mass is 293 g/mol. The Morgan fingerprint density at radius 1 is 1.14 bits per heavy atom. The molecule has 0 aromatic heterocycles. The second-order valence-corrected chi connectivity index (χ2v) is 5.68. The molecule has 5 nitrogen and oxygen atoms in total. The van der Waals surface area contributed by atoms with Crippen LogP contribution in [0.1, 0.15) is 37.0 Å². The second kappa shape index (κ2) is 7.78. The first-order valence-corrected chi connectivity index (χ1v) is 6.91. The van der Waals surface area contributed by atoms with Gasteiger partial charge in [-0.05, 0) is 24.3 Å². The van der Waals surface area contributed by atoms with Crippen molar-refractivity contribution in [2.75, 3.05) is 20.3 Å². The van der Waals surface area contributed by atoms with Crippen LogP contribution in [0.2, 0.25) is 0 Å². The number of hydrogen-bond donors (Lipinski definition) is 1. The molecule has 0 radical (unpaired) electrons. The van der Waals surface area contributed by atoms with E-state index >= 15 is 0 Å². The number of Topliss-reactive ketones (excluding diaryl/α,β-unsaturated/α-hetero) is 1. The topological polar surface area (TPSA) is 78.6 Å². The van der Waals surface area contributed by atoms with Crippen LogP contribution in [0.4, 0.5) is 0 Å². The van der Waals surface area contributed by atoms with Gasteiger partial charge in [-0.2, -0.15) is 0 Å².